The van der Waals surface area contributed by atoms with Crippen LogP contribution in [0.1, 0.15) is 24.1 Å². The molecule has 0 saturated carbocycles. The Morgan fingerprint density at radius 1 is 0.793 bits per heavy atom. The number of hydrogen-bond acceptors (Lipinski definition) is 4. The second-order valence-corrected chi connectivity index (χ2v) is 6.71. The van der Waals surface area contributed by atoms with Crippen LogP contribution in [0.5, 0.6) is 0 Å². The normalized spacial score (nSPS) is 11.4. The first-order valence-corrected chi connectivity index (χ1v) is 9.47. The quantitative estimate of drug-likeness (QED) is 0.434. The first-order chi connectivity index (χ1) is 14.3. The van der Waals surface area contributed by atoms with E-state index in [-0.39, 0.29) is 6.04 Å². The number of nitriles is 1. The fourth-order valence-electron chi connectivity index (χ4n) is 3.70. The summed E-state index contributed by atoms with van der Waals surface area (Å²) in [5, 5.41) is 9.87. The fraction of sp³-hybridized carbons (Fsp3) is 0.0800. The van der Waals surface area contributed by atoms with Gasteiger partial charge in [-0.25, -0.2) is 0 Å². The predicted octanol–water partition coefficient (Wildman–Crippen LogP) is 5.91. The van der Waals surface area contributed by atoms with Crippen LogP contribution in [0.25, 0.3) is 11.1 Å². The van der Waals surface area contributed by atoms with Gasteiger partial charge in [-0.1, -0.05) is 42.5 Å². The molecule has 0 N–H and O–H groups in total. The minimum absolute atomic E-state index is 0.116. The zero-order valence-corrected chi connectivity index (χ0v) is 16.1. The van der Waals surface area contributed by atoms with Crippen LogP contribution in [0.15, 0.2) is 97.6 Å². The summed E-state index contributed by atoms with van der Waals surface area (Å²) in [4.78, 5) is 10.8. The van der Waals surface area contributed by atoms with E-state index in [4.69, 9.17) is 0 Å². The molecule has 4 nitrogen and oxygen atoms in total. The molecule has 2 aromatic heterocycles. The average molecular weight is 376 g/mol. The van der Waals surface area contributed by atoms with Crippen LogP contribution < -0.4 is 4.90 Å². The molecular formula is C25H20N4. The van der Waals surface area contributed by atoms with Gasteiger partial charge in [0.25, 0.3) is 0 Å². The SMILES string of the molecule is CC(c1c(C#N)cccc1-c1ccccc1)N(c1cccnc1)c1cccnc1. The largest absolute Gasteiger partial charge is 0.332 e. The lowest BCUT2D eigenvalue weighted by molar-refractivity contribution is 0.769. The lowest BCUT2D eigenvalue weighted by atomic mass is 9.90. The van der Waals surface area contributed by atoms with Crippen LogP contribution in [0.2, 0.25) is 0 Å². The Bertz CT molecular complexity index is 1080. The van der Waals surface area contributed by atoms with Crippen LogP contribution in [0.4, 0.5) is 11.4 Å². The first-order valence-electron chi connectivity index (χ1n) is 9.47. The van der Waals surface area contributed by atoms with E-state index < -0.39 is 0 Å². The molecule has 140 valence electrons. The summed E-state index contributed by atoms with van der Waals surface area (Å²) in [6.07, 6.45) is 7.18. The van der Waals surface area contributed by atoms with Gasteiger partial charge in [0.2, 0.25) is 0 Å². The van der Waals surface area contributed by atoms with Gasteiger partial charge < -0.3 is 4.90 Å². The van der Waals surface area contributed by atoms with Crippen molar-refractivity contribution >= 4 is 11.4 Å². The minimum atomic E-state index is -0.116. The Morgan fingerprint density at radius 2 is 1.45 bits per heavy atom. The second kappa shape index (κ2) is 8.37. The molecule has 0 radical (unpaired) electrons. The third-order valence-electron chi connectivity index (χ3n) is 4.96. The molecule has 0 aliphatic rings. The van der Waals surface area contributed by atoms with Crippen LogP contribution in [0, 0.1) is 11.3 Å². The molecule has 0 aliphatic heterocycles. The van der Waals surface area contributed by atoms with Gasteiger partial charge in [-0.15, -0.1) is 0 Å². The topological polar surface area (TPSA) is 52.8 Å². The van der Waals surface area contributed by atoms with Crippen molar-refractivity contribution in [2.75, 3.05) is 4.90 Å². The van der Waals surface area contributed by atoms with E-state index in [9.17, 15) is 5.26 Å². The molecule has 4 rings (SSSR count). The first kappa shape index (κ1) is 18.4. The molecule has 1 atom stereocenters. The molecule has 0 fully saturated rings. The number of rotatable bonds is 5. The van der Waals surface area contributed by atoms with Crippen molar-refractivity contribution in [1.29, 1.82) is 5.26 Å². The fourth-order valence-corrected chi connectivity index (χ4v) is 3.70. The molecule has 29 heavy (non-hydrogen) atoms. The summed E-state index contributed by atoms with van der Waals surface area (Å²) in [7, 11) is 0. The van der Waals surface area contributed by atoms with Crippen molar-refractivity contribution < 1.29 is 0 Å². The van der Waals surface area contributed by atoms with Gasteiger partial charge >= 0.3 is 0 Å². The van der Waals surface area contributed by atoms with Crippen molar-refractivity contribution in [2.45, 2.75) is 13.0 Å². The third kappa shape index (κ3) is 3.71. The summed E-state index contributed by atoms with van der Waals surface area (Å²) in [5.74, 6) is 0. The van der Waals surface area contributed by atoms with E-state index in [1.807, 2.05) is 67.0 Å². The molecule has 0 spiro atoms. The maximum absolute atomic E-state index is 9.87. The van der Waals surface area contributed by atoms with Gasteiger partial charge in [-0.2, -0.15) is 5.26 Å². The zero-order chi connectivity index (χ0) is 20.1. The van der Waals surface area contributed by atoms with Crippen molar-refractivity contribution in [1.82, 2.24) is 9.97 Å². The lowest BCUT2D eigenvalue weighted by Crippen LogP contribution is -2.23. The molecule has 4 aromatic rings. The van der Waals surface area contributed by atoms with E-state index in [2.05, 4.69) is 46.1 Å². The number of pyridine rings is 2. The monoisotopic (exact) mass is 376 g/mol. The minimum Gasteiger partial charge on any atom is -0.332 e. The third-order valence-corrected chi connectivity index (χ3v) is 4.96. The molecule has 0 bridgehead atoms. The van der Waals surface area contributed by atoms with E-state index in [0.717, 1.165) is 28.1 Å². The highest BCUT2D eigenvalue weighted by Crippen LogP contribution is 2.39. The summed E-state index contributed by atoms with van der Waals surface area (Å²) in [5.41, 5.74) is 5.67. The number of anilines is 2. The number of benzene rings is 2. The molecule has 1 unspecified atom stereocenters. The van der Waals surface area contributed by atoms with Gasteiger partial charge in [0.15, 0.2) is 0 Å². The number of nitrogens with zero attached hydrogens (tertiary/aromatic N) is 4. The van der Waals surface area contributed by atoms with Crippen LogP contribution in [0.3, 0.4) is 0 Å². The Labute approximate surface area is 170 Å². The molecule has 4 heteroatoms. The Kier molecular flexibility index (Phi) is 5.31. The highest BCUT2D eigenvalue weighted by atomic mass is 15.2. The Balaban J connectivity index is 1.92. The molecule has 2 heterocycles. The van der Waals surface area contributed by atoms with Gasteiger partial charge in [-0.05, 0) is 48.4 Å². The van der Waals surface area contributed by atoms with Gasteiger partial charge in [0.1, 0.15) is 0 Å². The van der Waals surface area contributed by atoms with Gasteiger partial charge in [0, 0.05) is 18.0 Å². The average Bonchev–Trinajstić information content (AvgIpc) is 2.80. The highest BCUT2D eigenvalue weighted by Gasteiger charge is 2.24. The Morgan fingerprint density at radius 3 is 2.00 bits per heavy atom. The number of aromatic nitrogens is 2. The zero-order valence-electron chi connectivity index (χ0n) is 16.1. The maximum atomic E-state index is 9.87. The summed E-state index contributed by atoms with van der Waals surface area (Å²) in [6.45, 7) is 2.11. The van der Waals surface area contributed by atoms with Gasteiger partial charge in [-0.3, -0.25) is 9.97 Å². The summed E-state index contributed by atoms with van der Waals surface area (Å²) < 4.78 is 0. The van der Waals surface area contributed by atoms with Crippen molar-refractivity contribution in [3.8, 4) is 17.2 Å². The van der Waals surface area contributed by atoms with E-state index in [1.54, 1.807) is 12.4 Å². The molecule has 2 aromatic carbocycles. The smallest absolute Gasteiger partial charge is 0.0995 e. The summed E-state index contributed by atoms with van der Waals surface area (Å²) in [6, 6.07) is 26.2. The van der Waals surface area contributed by atoms with Gasteiger partial charge in [0.05, 0.1) is 41.4 Å². The molecular weight excluding hydrogens is 356 g/mol. The van der Waals surface area contributed by atoms with Crippen LogP contribution in [-0.2, 0) is 0 Å². The maximum Gasteiger partial charge on any atom is 0.0995 e. The molecule has 0 aliphatic carbocycles. The predicted molar refractivity (Wildman–Crippen MR) is 116 cm³/mol. The molecule has 0 saturated heterocycles. The van der Waals surface area contributed by atoms with Crippen molar-refractivity contribution in [3.63, 3.8) is 0 Å². The highest BCUT2D eigenvalue weighted by molar-refractivity contribution is 5.74. The van der Waals surface area contributed by atoms with Crippen LogP contribution >= 0.6 is 0 Å². The number of hydrogen-bond donors (Lipinski definition) is 0. The summed E-state index contributed by atoms with van der Waals surface area (Å²) >= 11 is 0. The van der Waals surface area contributed by atoms with E-state index >= 15 is 0 Å². The Hall–Kier alpha value is -3.97. The van der Waals surface area contributed by atoms with Crippen molar-refractivity contribution in [2.24, 2.45) is 0 Å². The second-order valence-electron chi connectivity index (χ2n) is 6.71. The standard InChI is InChI=1S/C25H20N4/c1-19(29(22-11-6-14-27-17-22)23-12-7-15-28-18-23)25-21(16-26)10-5-13-24(25)20-8-3-2-4-9-20/h2-15,17-19H,1H3. The van der Waals surface area contributed by atoms with E-state index in [0.29, 0.717) is 5.56 Å². The van der Waals surface area contributed by atoms with Crippen LogP contribution in [-0.4, -0.2) is 9.97 Å². The van der Waals surface area contributed by atoms with Crippen molar-refractivity contribution in [3.05, 3.63) is 109 Å². The van der Waals surface area contributed by atoms with E-state index in [1.165, 1.54) is 0 Å². The molecule has 0 amide bonds. The lowest BCUT2D eigenvalue weighted by Gasteiger charge is -2.33.